The van der Waals surface area contributed by atoms with Crippen molar-refractivity contribution in [1.29, 1.82) is 0 Å². The molecule has 0 bridgehead atoms. The molecule has 1 amide bonds. The second kappa shape index (κ2) is 4.87. The number of amides is 1. The predicted molar refractivity (Wildman–Crippen MR) is 74.7 cm³/mol. The van der Waals surface area contributed by atoms with Gasteiger partial charge in [-0.3, -0.25) is 4.79 Å². The fourth-order valence-electron chi connectivity index (χ4n) is 2.45. The number of aryl methyl sites for hydroxylation is 1. The van der Waals surface area contributed by atoms with E-state index in [-0.39, 0.29) is 5.91 Å². The Balaban J connectivity index is 2.00. The van der Waals surface area contributed by atoms with E-state index < -0.39 is 0 Å². The van der Waals surface area contributed by atoms with Crippen molar-refractivity contribution in [3.8, 4) is 0 Å². The SMILES string of the molecule is Cn1c(C(=O)N2CCOCC2)cc2cc(Cl)ccc21. The van der Waals surface area contributed by atoms with Gasteiger partial charge in [-0.25, -0.2) is 0 Å². The first-order chi connectivity index (χ1) is 9.16. The summed E-state index contributed by atoms with van der Waals surface area (Å²) in [6.45, 7) is 2.53. The van der Waals surface area contributed by atoms with Crippen LogP contribution in [0, 0.1) is 0 Å². The maximum absolute atomic E-state index is 12.5. The number of morpholine rings is 1. The van der Waals surface area contributed by atoms with E-state index in [0.29, 0.717) is 37.0 Å². The third-order valence-electron chi connectivity index (χ3n) is 3.52. The van der Waals surface area contributed by atoms with Crippen LogP contribution in [0.15, 0.2) is 24.3 Å². The number of fused-ring (bicyclic) bond motifs is 1. The Hall–Kier alpha value is -1.52. The Kier molecular flexibility index (Phi) is 3.21. The van der Waals surface area contributed by atoms with E-state index in [2.05, 4.69) is 0 Å². The molecule has 1 saturated heterocycles. The molecule has 1 aromatic heterocycles. The lowest BCUT2D eigenvalue weighted by Crippen LogP contribution is -2.41. The molecule has 2 heterocycles. The Morgan fingerprint density at radius 2 is 2.00 bits per heavy atom. The highest BCUT2D eigenvalue weighted by atomic mass is 35.5. The van der Waals surface area contributed by atoms with Gasteiger partial charge in [0, 0.05) is 36.1 Å². The van der Waals surface area contributed by atoms with Crippen molar-refractivity contribution in [3.63, 3.8) is 0 Å². The van der Waals surface area contributed by atoms with Crippen LogP contribution >= 0.6 is 11.6 Å². The molecule has 1 aromatic carbocycles. The van der Waals surface area contributed by atoms with Crippen LogP contribution in [0.5, 0.6) is 0 Å². The lowest BCUT2D eigenvalue weighted by Gasteiger charge is -2.26. The minimum Gasteiger partial charge on any atom is -0.378 e. The summed E-state index contributed by atoms with van der Waals surface area (Å²) in [5.41, 5.74) is 1.71. The van der Waals surface area contributed by atoms with E-state index in [1.165, 1.54) is 0 Å². The predicted octanol–water partition coefficient (Wildman–Crippen LogP) is 2.30. The van der Waals surface area contributed by atoms with E-state index in [4.69, 9.17) is 16.3 Å². The molecular weight excluding hydrogens is 264 g/mol. The van der Waals surface area contributed by atoms with E-state index in [1.54, 1.807) is 0 Å². The summed E-state index contributed by atoms with van der Waals surface area (Å²) in [7, 11) is 1.91. The van der Waals surface area contributed by atoms with Crippen molar-refractivity contribution < 1.29 is 9.53 Å². The third-order valence-corrected chi connectivity index (χ3v) is 3.76. The molecule has 100 valence electrons. The highest BCUT2D eigenvalue weighted by Gasteiger charge is 2.21. The number of hydrogen-bond acceptors (Lipinski definition) is 2. The summed E-state index contributed by atoms with van der Waals surface area (Å²) in [4.78, 5) is 14.3. The Morgan fingerprint density at radius 1 is 1.26 bits per heavy atom. The summed E-state index contributed by atoms with van der Waals surface area (Å²) in [5, 5.41) is 1.68. The number of hydrogen-bond donors (Lipinski definition) is 0. The Morgan fingerprint density at radius 3 is 2.74 bits per heavy atom. The Bertz CT molecular complexity index is 630. The largest absolute Gasteiger partial charge is 0.378 e. The van der Waals surface area contributed by atoms with E-state index in [1.807, 2.05) is 40.8 Å². The van der Waals surface area contributed by atoms with Crippen molar-refractivity contribution in [1.82, 2.24) is 9.47 Å². The first-order valence-electron chi connectivity index (χ1n) is 6.29. The van der Waals surface area contributed by atoms with Crippen molar-refractivity contribution in [3.05, 3.63) is 35.0 Å². The molecular formula is C14H15ClN2O2. The van der Waals surface area contributed by atoms with Gasteiger partial charge in [0.15, 0.2) is 0 Å². The molecule has 0 spiro atoms. The van der Waals surface area contributed by atoms with Crippen molar-refractivity contribution in [2.75, 3.05) is 26.3 Å². The molecule has 0 radical (unpaired) electrons. The van der Waals surface area contributed by atoms with Gasteiger partial charge in [-0.05, 0) is 24.3 Å². The van der Waals surface area contributed by atoms with Gasteiger partial charge in [0.05, 0.1) is 13.2 Å². The number of aromatic nitrogens is 1. The molecule has 5 heteroatoms. The van der Waals surface area contributed by atoms with Crippen LogP contribution in [-0.2, 0) is 11.8 Å². The fourth-order valence-corrected chi connectivity index (χ4v) is 2.63. The second-order valence-electron chi connectivity index (χ2n) is 4.70. The molecule has 0 atom stereocenters. The molecule has 4 nitrogen and oxygen atoms in total. The van der Waals surface area contributed by atoms with E-state index in [9.17, 15) is 4.79 Å². The van der Waals surface area contributed by atoms with Gasteiger partial charge in [-0.1, -0.05) is 11.6 Å². The molecule has 0 aliphatic carbocycles. The highest BCUT2D eigenvalue weighted by Crippen LogP contribution is 2.23. The number of ether oxygens (including phenoxy) is 1. The molecule has 0 N–H and O–H groups in total. The third kappa shape index (κ3) is 2.22. The normalized spacial score (nSPS) is 16.0. The van der Waals surface area contributed by atoms with Crippen LogP contribution in [0.1, 0.15) is 10.5 Å². The van der Waals surface area contributed by atoms with Crippen molar-refractivity contribution >= 4 is 28.4 Å². The number of carbonyl (C=O) groups is 1. The van der Waals surface area contributed by atoms with Crippen LogP contribution in [0.25, 0.3) is 10.9 Å². The number of rotatable bonds is 1. The quantitative estimate of drug-likeness (QED) is 0.802. The number of nitrogens with zero attached hydrogens (tertiary/aromatic N) is 2. The first kappa shape index (κ1) is 12.5. The smallest absolute Gasteiger partial charge is 0.270 e. The number of benzene rings is 1. The molecule has 1 fully saturated rings. The molecule has 0 unspecified atom stereocenters. The van der Waals surface area contributed by atoms with Gasteiger partial charge in [-0.2, -0.15) is 0 Å². The van der Waals surface area contributed by atoms with Crippen LogP contribution in [0.3, 0.4) is 0 Å². The van der Waals surface area contributed by atoms with Crippen LogP contribution in [0.2, 0.25) is 5.02 Å². The zero-order chi connectivity index (χ0) is 13.4. The van der Waals surface area contributed by atoms with Crippen LogP contribution in [0.4, 0.5) is 0 Å². The standard InChI is InChI=1S/C14H15ClN2O2/c1-16-12-3-2-11(15)8-10(12)9-13(16)14(18)17-4-6-19-7-5-17/h2-3,8-9H,4-7H2,1H3. The average molecular weight is 279 g/mol. The molecule has 3 rings (SSSR count). The van der Waals surface area contributed by atoms with Gasteiger partial charge in [0.25, 0.3) is 5.91 Å². The maximum Gasteiger partial charge on any atom is 0.270 e. The topological polar surface area (TPSA) is 34.5 Å². The highest BCUT2D eigenvalue weighted by molar-refractivity contribution is 6.31. The average Bonchev–Trinajstić information content (AvgIpc) is 2.75. The lowest BCUT2D eigenvalue weighted by molar-refractivity contribution is 0.0297. The first-order valence-corrected chi connectivity index (χ1v) is 6.66. The zero-order valence-electron chi connectivity index (χ0n) is 10.7. The van der Waals surface area contributed by atoms with Crippen molar-refractivity contribution in [2.24, 2.45) is 7.05 Å². The van der Waals surface area contributed by atoms with E-state index in [0.717, 1.165) is 10.9 Å². The van der Waals surface area contributed by atoms with Crippen LogP contribution < -0.4 is 0 Å². The molecule has 1 aliphatic rings. The zero-order valence-corrected chi connectivity index (χ0v) is 11.5. The lowest BCUT2D eigenvalue weighted by atomic mass is 10.2. The number of carbonyl (C=O) groups excluding carboxylic acids is 1. The summed E-state index contributed by atoms with van der Waals surface area (Å²) >= 11 is 5.99. The van der Waals surface area contributed by atoms with Gasteiger partial charge < -0.3 is 14.2 Å². The van der Waals surface area contributed by atoms with Gasteiger partial charge in [-0.15, -0.1) is 0 Å². The molecule has 1 aliphatic heterocycles. The summed E-state index contributed by atoms with van der Waals surface area (Å²) in [5.74, 6) is 0.0538. The summed E-state index contributed by atoms with van der Waals surface area (Å²) < 4.78 is 7.19. The second-order valence-corrected chi connectivity index (χ2v) is 5.13. The monoisotopic (exact) mass is 278 g/mol. The Labute approximate surface area is 116 Å². The summed E-state index contributed by atoms with van der Waals surface area (Å²) in [6.07, 6.45) is 0. The molecule has 0 saturated carbocycles. The molecule has 19 heavy (non-hydrogen) atoms. The fraction of sp³-hybridized carbons (Fsp3) is 0.357. The maximum atomic E-state index is 12.5. The van der Waals surface area contributed by atoms with Crippen LogP contribution in [-0.4, -0.2) is 41.7 Å². The number of halogens is 1. The molecule has 2 aromatic rings. The minimum atomic E-state index is 0.0538. The van der Waals surface area contributed by atoms with Crippen molar-refractivity contribution in [2.45, 2.75) is 0 Å². The minimum absolute atomic E-state index is 0.0538. The van der Waals surface area contributed by atoms with E-state index >= 15 is 0 Å². The van der Waals surface area contributed by atoms with Gasteiger partial charge in [0.1, 0.15) is 5.69 Å². The van der Waals surface area contributed by atoms with Gasteiger partial charge >= 0.3 is 0 Å². The van der Waals surface area contributed by atoms with Gasteiger partial charge in [0.2, 0.25) is 0 Å². The summed E-state index contributed by atoms with van der Waals surface area (Å²) in [6, 6.07) is 7.56.